The predicted octanol–water partition coefficient (Wildman–Crippen LogP) is 5.03. The molecule has 0 radical (unpaired) electrons. The van der Waals surface area contributed by atoms with Gasteiger partial charge in [0.15, 0.2) is 0 Å². The number of unbranched alkanes of at least 4 members (excludes halogenated alkanes) is 1. The van der Waals surface area contributed by atoms with Gasteiger partial charge in [0, 0.05) is 30.4 Å². The molecule has 0 aliphatic carbocycles. The zero-order valence-corrected chi connectivity index (χ0v) is 22.3. The summed E-state index contributed by atoms with van der Waals surface area (Å²) in [7, 11) is -0.770. The van der Waals surface area contributed by atoms with Gasteiger partial charge in [-0.05, 0) is 67.9 Å². The maximum atomic E-state index is 13.0. The molecule has 0 atom stereocenters. The Balaban J connectivity index is 1.73. The average molecular weight is 525 g/mol. The van der Waals surface area contributed by atoms with Crippen molar-refractivity contribution in [3.63, 3.8) is 0 Å². The lowest BCUT2D eigenvalue weighted by Crippen LogP contribution is -2.27. The Morgan fingerprint density at radius 1 is 0.946 bits per heavy atom. The topological polar surface area (TPSA) is 102 Å². The Bertz CT molecular complexity index is 1340. The number of sulfonamides is 1. The van der Waals surface area contributed by atoms with Crippen LogP contribution in [0.15, 0.2) is 71.6 Å². The second-order valence-corrected chi connectivity index (χ2v) is 10.7. The van der Waals surface area contributed by atoms with Crippen LogP contribution in [0.3, 0.4) is 0 Å². The van der Waals surface area contributed by atoms with E-state index in [-0.39, 0.29) is 17.3 Å². The molecule has 0 saturated heterocycles. The van der Waals surface area contributed by atoms with Gasteiger partial charge < -0.3 is 14.8 Å². The number of carbonyl (C=O) groups is 2. The number of rotatable bonds is 11. The third-order valence-corrected chi connectivity index (χ3v) is 7.59. The van der Waals surface area contributed by atoms with Gasteiger partial charge in [0.1, 0.15) is 5.75 Å². The zero-order valence-electron chi connectivity index (χ0n) is 21.5. The number of nitrogens with zero attached hydrogens (tertiary/aromatic N) is 1. The van der Waals surface area contributed by atoms with Gasteiger partial charge >= 0.3 is 5.97 Å². The summed E-state index contributed by atoms with van der Waals surface area (Å²) in [6.45, 7) is 4.28. The Hall–Kier alpha value is -3.69. The minimum absolute atomic E-state index is 0.00927. The van der Waals surface area contributed by atoms with E-state index in [1.807, 2.05) is 13.8 Å². The van der Waals surface area contributed by atoms with Crippen LogP contribution in [0.5, 0.6) is 5.75 Å². The highest BCUT2D eigenvalue weighted by atomic mass is 32.2. The summed E-state index contributed by atoms with van der Waals surface area (Å²) in [5.74, 6) is -0.324. The number of benzene rings is 3. The lowest BCUT2D eigenvalue weighted by atomic mass is 10.1. The van der Waals surface area contributed by atoms with Gasteiger partial charge in [0.2, 0.25) is 10.0 Å². The Labute approximate surface area is 218 Å². The molecule has 8 nitrogen and oxygen atoms in total. The summed E-state index contributed by atoms with van der Waals surface area (Å²) in [5, 5.41) is 2.79. The predicted molar refractivity (Wildman–Crippen MR) is 142 cm³/mol. The zero-order chi connectivity index (χ0) is 27.0. The molecule has 3 rings (SSSR count). The summed E-state index contributed by atoms with van der Waals surface area (Å²) in [5.41, 5.74) is 2.74. The van der Waals surface area contributed by atoms with Gasteiger partial charge in [-0.2, -0.15) is 4.31 Å². The van der Waals surface area contributed by atoms with Crippen LogP contribution in [-0.2, 0) is 21.3 Å². The van der Waals surface area contributed by atoms with E-state index in [4.69, 9.17) is 9.47 Å². The largest absolute Gasteiger partial charge is 0.496 e. The number of hydrogen-bond acceptors (Lipinski definition) is 6. The first-order valence-electron chi connectivity index (χ1n) is 11.9. The molecule has 0 heterocycles. The third kappa shape index (κ3) is 7.18. The molecule has 0 aliphatic rings. The van der Waals surface area contributed by atoms with Gasteiger partial charge in [-0.25, -0.2) is 13.2 Å². The van der Waals surface area contributed by atoms with Crippen molar-refractivity contribution >= 4 is 27.6 Å². The molecular formula is C28H32N2O6S. The van der Waals surface area contributed by atoms with E-state index >= 15 is 0 Å². The first-order chi connectivity index (χ1) is 17.6. The van der Waals surface area contributed by atoms with Gasteiger partial charge in [0.25, 0.3) is 5.91 Å². The number of nitrogens with one attached hydrogen (secondary N) is 1. The average Bonchev–Trinajstić information content (AvgIpc) is 2.89. The molecule has 0 aromatic heterocycles. The molecule has 0 unspecified atom stereocenters. The lowest BCUT2D eigenvalue weighted by molar-refractivity contribution is 0.0499. The maximum Gasteiger partial charge on any atom is 0.338 e. The van der Waals surface area contributed by atoms with Crippen molar-refractivity contribution in [2.75, 3.05) is 26.1 Å². The standard InChI is InChI=1S/C28H32N2O6S/c1-5-6-17-36-28(32)21-9-12-24(13-10-21)29-27(31)22-11-16-26(35-4)23(18-22)19-30(3)37(33,34)25-14-7-20(2)8-15-25/h7-16,18H,5-6,17,19H2,1-4H3,(H,29,31). The number of aryl methyl sites for hydroxylation is 1. The Kier molecular flexibility index (Phi) is 9.43. The van der Waals surface area contributed by atoms with Crippen LogP contribution in [0.4, 0.5) is 5.69 Å². The fourth-order valence-electron chi connectivity index (χ4n) is 3.54. The van der Waals surface area contributed by atoms with E-state index in [2.05, 4.69) is 5.32 Å². The fourth-order valence-corrected chi connectivity index (χ4v) is 4.69. The summed E-state index contributed by atoms with van der Waals surface area (Å²) in [6.07, 6.45) is 1.74. The second-order valence-electron chi connectivity index (χ2n) is 8.62. The molecule has 3 aromatic rings. The van der Waals surface area contributed by atoms with E-state index in [1.165, 1.54) is 18.5 Å². The summed E-state index contributed by atoms with van der Waals surface area (Å²) < 4.78 is 37.9. The monoisotopic (exact) mass is 524 g/mol. The van der Waals surface area contributed by atoms with Crippen molar-refractivity contribution < 1.29 is 27.5 Å². The van der Waals surface area contributed by atoms with Crippen molar-refractivity contribution in [1.82, 2.24) is 4.31 Å². The molecular weight excluding hydrogens is 492 g/mol. The van der Waals surface area contributed by atoms with Crippen molar-refractivity contribution in [1.29, 1.82) is 0 Å². The van der Waals surface area contributed by atoms with E-state index in [1.54, 1.807) is 66.7 Å². The van der Waals surface area contributed by atoms with Crippen LogP contribution in [-0.4, -0.2) is 45.4 Å². The normalized spacial score (nSPS) is 11.3. The molecule has 0 bridgehead atoms. The van der Waals surface area contributed by atoms with Crippen LogP contribution < -0.4 is 10.1 Å². The van der Waals surface area contributed by atoms with Crippen LogP contribution in [0.2, 0.25) is 0 Å². The van der Waals surface area contributed by atoms with Crippen LogP contribution in [0.1, 0.15) is 51.6 Å². The number of carbonyl (C=O) groups excluding carboxylic acids is 2. The van der Waals surface area contributed by atoms with Crippen LogP contribution in [0, 0.1) is 6.92 Å². The van der Waals surface area contributed by atoms with E-state index in [0.29, 0.717) is 34.7 Å². The lowest BCUT2D eigenvalue weighted by Gasteiger charge is -2.19. The molecule has 37 heavy (non-hydrogen) atoms. The smallest absolute Gasteiger partial charge is 0.338 e. The van der Waals surface area contributed by atoms with E-state index in [9.17, 15) is 18.0 Å². The van der Waals surface area contributed by atoms with Gasteiger partial charge in [0.05, 0.1) is 24.2 Å². The van der Waals surface area contributed by atoms with Crippen LogP contribution in [0.25, 0.3) is 0 Å². The Morgan fingerprint density at radius 3 is 2.22 bits per heavy atom. The molecule has 3 aromatic carbocycles. The first-order valence-corrected chi connectivity index (χ1v) is 13.4. The third-order valence-electron chi connectivity index (χ3n) is 5.77. The molecule has 1 N–H and O–H groups in total. The number of amides is 1. The van der Waals surface area contributed by atoms with Gasteiger partial charge in [-0.15, -0.1) is 0 Å². The van der Waals surface area contributed by atoms with Crippen molar-refractivity contribution in [3.05, 3.63) is 89.0 Å². The second kappa shape index (κ2) is 12.5. The summed E-state index contributed by atoms with van der Waals surface area (Å²) in [4.78, 5) is 25.2. The van der Waals surface area contributed by atoms with Gasteiger partial charge in [-0.3, -0.25) is 4.79 Å². The maximum absolute atomic E-state index is 13.0. The number of hydrogen-bond donors (Lipinski definition) is 1. The summed E-state index contributed by atoms with van der Waals surface area (Å²) in [6, 6.07) is 17.9. The molecule has 0 spiro atoms. The molecule has 1 amide bonds. The SMILES string of the molecule is CCCCOC(=O)c1ccc(NC(=O)c2ccc(OC)c(CN(C)S(=O)(=O)c3ccc(C)cc3)c2)cc1. The van der Waals surface area contributed by atoms with Crippen LogP contribution >= 0.6 is 0 Å². The number of esters is 1. The number of methoxy groups -OCH3 is 1. The molecule has 0 fully saturated rings. The highest BCUT2D eigenvalue weighted by molar-refractivity contribution is 7.89. The molecule has 0 saturated carbocycles. The van der Waals surface area contributed by atoms with Crippen molar-refractivity contribution in [2.24, 2.45) is 0 Å². The van der Waals surface area contributed by atoms with E-state index < -0.39 is 16.0 Å². The summed E-state index contributed by atoms with van der Waals surface area (Å²) >= 11 is 0. The molecule has 9 heteroatoms. The Morgan fingerprint density at radius 2 is 1.59 bits per heavy atom. The molecule has 196 valence electrons. The highest BCUT2D eigenvalue weighted by Gasteiger charge is 2.22. The minimum Gasteiger partial charge on any atom is -0.496 e. The number of ether oxygens (including phenoxy) is 2. The van der Waals surface area contributed by atoms with Crippen molar-refractivity contribution in [3.8, 4) is 5.75 Å². The molecule has 0 aliphatic heterocycles. The quantitative estimate of drug-likeness (QED) is 0.279. The fraction of sp³-hybridized carbons (Fsp3) is 0.286. The number of anilines is 1. The minimum atomic E-state index is -3.74. The van der Waals surface area contributed by atoms with E-state index in [0.717, 1.165) is 18.4 Å². The van der Waals surface area contributed by atoms with Crippen molar-refractivity contribution in [2.45, 2.75) is 38.1 Å². The highest BCUT2D eigenvalue weighted by Crippen LogP contribution is 2.25. The first kappa shape index (κ1) is 27.9. The van der Waals surface area contributed by atoms with Gasteiger partial charge in [-0.1, -0.05) is 31.0 Å².